The molecule has 0 aliphatic carbocycles. The number of aromatic nitrogens is 2. The van der Waals surface area contributed by atoms with Crippen LogP contribution in [0.2, 0.25) is 0 Å². The molecule has 0 aliphatic heterocycles. The van der Waals surface area contributed by atoms with Crippen molar-refractivity contribution in [1.29, 1.82) is 0 Å². The van der Waals surface area contributed by atoms with Crippen LogP contribution in [0.1, 0.15) is 26.3 Å². The standard InChI is InChI=1S/C49H36N2O/c1-49(2,3)42-29-35(31-15-6-4-7-16-31)28-40(32-17-8-5-9-18-32)46(42)51-44-24-13-12-23-43(44)50-48(51)38-22-14-21-37-41-27-34-26-25-33-19-10-11-20-36(33)39(34)30-45(41)52-47(37)38/h4-30H,1-3H3. The van der Waals surface area contributed by atoms with Crippen LogP contribution in [0.3, 0.4) is 0 Å². The Morgan fingerprint density at radius 3 is 2.00 bits per heavy atom. The maximum Gasteiger partial charge on any atom is 0.149 e. The summed E-state index contributed by atoms with van der Waals surface area (Å²) >= 11 is 0. The molecule has 2 heterocycles. The van der Waals surface area contributed by atoms with Crippen LogP contribution in [-0.4, -0.2) is 9.55 Å². The molecule has 0 aliphatic rings. The van der Waals surface area contributed by atoms with E-state index in [-0.39, 0.29) is 5.41 Å². The fraction of sp³-hybridized carbons (Fsp3) is 0.0816. The molecule has 2 aromatic heterocycles. The molecule has 248 valence electrons. The summed E-state index contributed by atoms with van der Waals surface area (Å²) in [5.41, 5.74) is 11.6. The van der Waals surface area contributed by atoms with Gasteiger partial charge in [0.2, 0.25) is 0 Å². The Labute approximate surface area is 302 Å². The van der Waals surface area contributed by atoms with Gasteiger partial charge < -0.3 is 4.42 Å². The minimum absolute atomic E-state index is 0.194. The van der Waals surface area contributed by atoms with E-state index in [9.17, 15) is 0 Å². The summed E-state index contributed by atoms with van der Waals surface area (Å²) in [5.74, 6) is 0.857. The molecular weight excluding hydrogens is 633 g/mol. The predicted molar refractivity (Wildman–Crippen MR) is 218 cm³/mol. The van der Waals surface area contributed by atoms with Crippen molar-refractivity contribution in [2.24, 2.45) is 0 Å². The Bertz CT molecular complexity index is 2980. The third kappa shape index (κ3) is 4.77. The minimum atomic E-state index is -0.194. The number of nitrogens with zero attached hydrogens (tertiary/aromatic N) is 2. The second-order valence-electron chi connectivity index (χ2n) is 14.8. The molecular formula is C49H36N2O. The number of imidazole rings is 1. The van der Waals surface area contributed by atoms with Gasteiger partial charge in [0, 0.05) is 16.3 Å². The molecule has 3 heteroatoms. The van der Waals surface area contributed by atoms with Gasteiger partial charge in [0.25, 0.3) is 0 Å². The van der Waals surface area contributed by atoms with Crippen LogP contribution in [-0.2, 0) is 5.41 Å². The summed E-state index contributed by atoms with van der Waals surface area (Å²) in [6, 6.07) is 58.7. The fourth-order valence-electron chi connectivity index (χ4n) is 7.99. The van der Waals surface area contributed by atoms with E-state index in [0.717, 1.165) is 61.2 Å². The maximum absolute atomic E-state index is 6.92. The van der Waals surface area contributed by atoms with Gasteiger partial charge in [-0.1, -0.05) is 142 Å². The lowest BCUT2D eigenvalue weighted by Gasteiger charge is -2.28. The largest absolute Gasteiger partial charge is 0.455 e. The summed E-state index contributed by atoms with van der Waals surface area (Å²) in [7, 11) is 0. The summed E-state index contributed by atoms with van der Waals surface area (Å²) in [5, 5.41) is 7.04. The zero-order valence-corrected chi connectivity index (χ0v) is 29.4. The summed E-state index contributed by atoms with van der Waals surface area (Å²) < 4.78 is 9.31. The molecule has 0 bridgehead atoms. The van der Waals surface area contributed by atoms with Crippen molar-refractivity contribution in [3.05, 3.63) is 169 Å². The van der Waals surface area contributed by atoms with Gasteiger partial charge in [-0.15, -0.1) is 0 Å². The molecule has 0 amide bonds. The smallest absolute Gasteiger partial charge is 0.149 e. The quantitative estimate of drug-likeness (QED) is 0.175. The topological polar surface area (TPSA) is 31.0 Å². The van der Waals surface area contributed by atoms with E-state index >= 15 is 0 Å². The number of hydrogen-bond donors (Lipinski definition) is 0. The lowest BCUT2D eigenvalue weighted by Crippen LogP contribution is -2.17. The Hall–Kier alpha value is -6.45. The summed E-state index contributed by atoms with van der Waals surface area (Å²) in [6.07, 6.45) is 0. The highest BCUT2D eigenvalue weighted by atomic mass is 16.3. The van der Waals surface area contributed by atoms with E-state index in [4.69, 9.17) is 9.40 Å². The van der Waals surface area contributed by atoms with Crippen LogP contribution in [0, 0.1) is 0 Å². The van der Waals surface area contributed by atoms with Crippen LogP contribution in [0.4, 0.5) is 0 Å². The Balaban J connectivity index is 1.31. The monoisotopic (exact) mass is 668 g/mol. The van der Waals surface area contributed by atoms with Crippen LogP contribution >= 0.6 is 0 Å². The van der Waals surface area contributed by atoms with Gasteiger partial charge in [0.1, 0.15) is 17.0 Å². The molecule has 10 aromatic rings. The molecule has 8 aromatic carbocycles. The molecule has 0 unspecified atom stereocenters. The number of hydrogen-bond acceptors (Lipinski definition) is 2. The first kappa shape index (κ1) is 30.4. The van der Waals surface area contributed by atoms with E-state index in [1.54, 1.807) is 0 Å². The number of rotatable bonds is 4. The van der Waals surface area contributed by atoms with Gasteiger partial charge in [0.15, 0.2) is 0 Å². The first-order valence-corrected chi connectivity index (χ1v) is 18.0. The molecule has 3 nitrogen and oxygen atoms in total. The Kier molecular flexibility index (Phi) is 6.74. The molecule has 0 N–H and O–H groups in total. The highest BCUT2D eigenvalue weighted by molar-refractivity contribution is 6.17. The average Bonchev–Trinajstić information content (AvgIpc) is 3.75. The van der Waals surface area contributed by atoms with Crippen molar-refractivity contribution >= 4 is 54.5 Å². The van der Waals surface area contributed by atoms with Crippen molar-refractivity contribution in [2.75, 3.05) is 0 Å². The van der Waals surface area contributed by atoms with Gasteiger partial charge in [-0.25, -0.2) is 4.98 Å². The van der Waals surface area contributed by atoms with Crippen LogP contribution in [0.5, 0.6) is 0 Å². The molecule has 10 rings (SSSR count). The lowest BCUT2D eigenvalue weighted by atomic mass is 9.81. The third-order valence-corrected chi connectivity index (χ3v) is 10.5. The molecule has 0 fully saturated rings. The second kappa shape index (κ2) is 11.5. The van der Waals surface area contributed by atoms with Gasteiger partial charge in [-0.2, -0.15) is 0 Å². The maximum atomic E-state index is 6.92. The van der Waals surface area contributed by atoms with E-state index in [1.165, 1.54) is 38.2 Å². The normalized spacial score (nSPS) is 12.1. The number of para-hydroxylation sites is 3. The second-order valence-corrected chi connectivity index (χ2v) is 14.8. The minimum Gasteiger partial charge on any atom is -0.455 e. The van der Waals surface area contributed by atoms with Crippen LogP contribution < -0.4 is 0 Å². The Morgan fingerprint density at radius 2 is 1.19 bits per heavy atom. The number of fused-ring (bicyclic) bond motifs is 7. The van der Waals surface area contributed by atoms with Gasteiger partial charge >= 0.3 is 0 Å². The summed E-state index contributed by atoms with van der Waals surface area (Å²) in [6.45, 7) is 6.92. The molecule has 0 saturated heterocycles. The van der Waals surface area contributed by atoms with Crippen molar-refractivity contribution in [3.8, 4) is 39.3 Å². The molecule has 0 radical (unpaired) electrons. The van der Waals surface area contributed by atoms with Crippen LogP contribution in [0.25, 0.3) is 93.8 Å². The third-order valence-electron chi connectivity index (χ3n) is 10.5. The first-order valence-electron chi connectivity index (χ1n) is 18.0. The fourth-order valence-corrected chi connectivity index (χ4v) is 7.99. The lowest BCUT2D eigenvalue weighted by molar-refractivity contribution is 0.587. The SMILES string of the molecule is CC(C)(C)c1cc(-c2ccccc2)cc(-c2ccccc2)c1-n1c(-c2cccc3c2oc2cc4c(ccc5ccccc54)cc23)nc2ccccc21. The zero-order valence-electron chi connectivity index (χ0n) is 29.4. The molecule has 0 saturated carbocycles. The van der Waals surface area contributed by atoms with E-state index in [2.05, 4.69) is 189 Å². The highest BCUT2D eigenvalue weighted by Gasteiger charge is 2.28. The molecule has 0 spiro atoms. The molecule has 52 heavy (non-hydrogen) atoms. The van der Waals surface area contributed by atoms with Gasteiger partial charge in [-0.05, 0) is 91.7 Å². The molecule has 0 atom stereocenters. The average molecular weight is 669 g/mol. The zero-order chi connectivity index (χ0) is 35.0. The highest BCUT2D eigenvalue weighted by Crippen LogP contribution is 2.45. The van der Waals surface area contributed by atoms with Gasteiger partial charge in [-0.3, -0.25) is 4.57 Å². The van der Waals surface area contributed by atoms with E-state index in [1.807, 2.05) is 0 Å². The number of benzene rings is 8. The Morgan fingerprint density at radius 1 is 0.500 bits per heavy atom. The van der Waals surface area contributed by atoms with E-state index in [0.29, 0.717) is 0 Å². The van der Waals surface area contributed by atoms with Crippen molar-refractivity contribution in [2.45, 2.75) is 26.2 Å². The van der Waals surface area contributed by atoms with Crippen LogP contribution in [0.15, 0.2) is 168 Å². The van der Waals surface area contributed by atoms with Gasteiger partial charge in [0.05, 0.1) is 22.3 Å². The van der Waals surface area contributed by atoms with Crippen molar-refractivity contribution in [3.63, 3.8) is 0 Å². The van der Waals surface area contributed by atoms with E-state index < -0.39 is 0 Å². The van der Waals surface area contributed by atoms with Crippen molar-refractivity contribution < 1.29 is 4.42 Å². The summed E-state index contributed by atoms with van der Waals surface area (Å²) in [4.78, 5) is 5.42. The predicted octanol–water partition coefficient (Wildman–Crippen LogP) is 13.5. The number of furan rings is 1. The first-order chi connectivity index (χ1) is 25.4. The van der Waals surface area contributed by atoms with Crippen molar-refractivity contribution in [1.82, 2.24) is 9.55 Å².